The van der Waals surface area contributed by atoms with E-state index in [0.29, 0.717) is 11.3 Å². The first-order chi connectivity index (χ1) is 12.6. The number of hydrogen-bond donors (Lipinski definition) is 0. The van der Waals surface area contributed by atoms with E-state index in [9.17, 15) is 4.39 Å². The predicted molar refractivity (Wildman–Crippen MR) is 102 cm³/mol. The lowest BCUT2D eigenvalue weighted by atomic mass is 10.2. The van der Waals surface area contributed by atoms with Crippen molar-refractivity contribution in [2.75, 3.05) is 0 Å². The van der Waals surface area contributed by atoms with Crippen LogP contribution in [0.1, 0.15) is 36.9 Å². The summed E-state index contributed by atoms with van der Waals surface area (Å²) < 4.78 is 21.8. The van der Waals surface area contributed by atoms with Gasteiger partial charge in [-0.2, -0.15) is 0 Å². The number of nitrogens with zero attached hydrogens (tertiary/aromatic N) is 3. The molecule has 0 N–H and O–H groups in total. The summed E-state index contributed by atoms with van der Waals surface area (Å²) in [6, 6.07) is 14.7. The molecular formula is C20H22FN3OS. The van der Waals surface area contributed by atoms with E-state index in [2.05, 4.69) is 10.2 Å². The van der Waals surface area contributed by atoms with Crippen molar-refractivity contribution >= 4 is 11.8 Å². The maximum Gasteiger partial charge on any atom is 0.191 e. The molecule has 0 radical (unpaired) electrons. The summed E-state index contributed by atoms with van der Waals surface area (Å²) in [4.78, 5) is 0. The second kappa shape index (κ2) is 8.36. The van der Waals surface area contributed by atoms with Gasteiger partial charge in [-0.1, -0.05) is 47.7 Å². The van der Waals surface area contributed by atoms with Gasteiger partial charge >= 0.3 is 0 Å². The summed E-state index contributed by atoms with van der Waals surface area (Å²) >= 11 is 1.48. The third-order valence-corrected chi connectivity index (χ3v) is 5.09. The number of aromatic nitrogens is 3. The van der Waals surface area contributed by atoms with Crippen molar-refractivity contribution in [2.24, 2.45) is 0 Å². The molecule has 0 amide bonds. The Morgan fingerprint density at radius 2 is 1.85 bits per heavy atom. The minimum absolute atomic E-state index is 0.196. The average Bonchev–Trinajstić information content (AvgIpc) is 3.06. The molecule has 2 aromatic carbocycles. The molecule has 0 saturated heterocycles. The lowest BCUT2D eigenvalue weighted by Gasteiger charge is -2.15. The van der Waals surface area contributed by atoms with Crippen molar-refractivity contribution in [3.8, 4) is 5.75 Å². The fourth-order valence-electron chi connectivity index (χ4n) is 2.64. The molecule has 136 valence electrons. The second-order valence-corrected chi connectivity index (χ2v) is 6.98. The smallest absolute Gasteiger partial charge is 0.191 e. The molecule has 1 heterocycles. The highest BCUT2D eigenvalue weighted by Gasteiger charge is 2.19. The number of ether oxygens (including phenoxy) is 1. The first-order valence-electron chi connectivity index (χ1n) is 8.61. The van der Waals surface area contributed by atoms with Gasteiger partial charge in [0.05, 0.1) is 0 Å². The van der Waals surface area contributed by atoms with E-state index in [1.54, 1.807) is 12.1 Å². The Morgan fingerprint density at radius 3 is 2.54 bits per heavy atom. The van der Waals surface area contributed by atoms with Crippen LogP contribution >= 0.6 is 11.8 Å². The van der Waals surface area contributed by atoms with Gasteiger partial charge in [-0.05, 0) is 44.5 Å². The van der Waals surface area contributed by atoms with Crippen LogP contribution in [0, 0.1) is 12.7 Å². The fraction of sp³-hybridized carbons (Fsp3) is 0.300. The molecule has 0 aliphatic heterocycles. The SMILES string of the molecule is CCn1c(SCc2ccccc2F)nnc1C(C)Oc1ccc(C)cc1. The largest absolute Gasteiger partial charge is 0.483 e. The molecule has 26 heavy (non-hydrogen) atoms. The molecule has 0 saturated carbocycles. The first kappa shape index (κ1) is 18.5. The van der Waals surface area contributed by atoms with Crippen molar-refractivity contribution in [1.29, 1.82) is 0 Å². The summed E-state index contributed by atoms with van der Waals surface area (Å²) in [6.45, 7) is 6.77. The van der Waals surface area contributed by atoms with Crippen LogP contribution < -0.4 is 4.74 Å². The van der Waals surface area contributed by atoms with Crippen molar-refractivity contribution < 1.29 is 9.13 Å². The van der Waals surface area contributed by atoms with Gasteiger partial charge in [-0.3, -0.25) is 0 Å². The highest BCUT2D eigenvalue weighted by Crippen LogP contribution is 2.27. The Bertz CT molecular complexity index is 864. The van der Waals surface area contributed by atoms with E-state index < -0.39 is 0 Å². The van der Waals surface area contributed by atoms with Gasteiger partial charge < -0.3 is 9.30 Å². The van der Waals surface area contributed by atoms with Crippen LogP contribution in [0.15, 0.2) is 53.7 Å². The molecule has 1 unspecified atom stereocenters. The summed E-state index contributed by atoms with van der Waals surface area (Å²) in [6.07, 6.45) is -0.229. The monoisotopic (exact) mass is 371 g/mol. The molecule has 1 atom stereocenters. The van der Waals surface area contributed by atoms with Crippen LogP contribution in [0.4, 0.5) is 4.39 Å². The van der Waals surface area contributed by atoms with E-state index in [1.165, 1.54) is 23.4 Å². The lowest BCUT2D eigenvalue weighted by molar-refractivity contribution is 0.210. The Morgan fingerprint density at radius 1 is 1.12 bits per heavy atom. The Labute approximate surface area is 157 Å². The van der Waals surface area contributed by atoms with E-state index in [1.807, 2.05) is 55.7 Å². The van der Waals surface area contributed by atoms with E-state index in [4.69, 9.17) is 4.74 Å². The van der Waals surface area contributed by atoms with Crippen LogP contribution in [-0.2, 0) is 12.3 Å². The summed E-state index contributed by atoms with van der Waals surface area (Å²) in [5, 5.41) is 9.36. The maximum absolute atomic E-state index is 13.8. The number of aryl methyl sites for hydroxylation is 1. The molecule has 6 heteroatoms. The third kappa shape index (κ3) is 4.25. The Hall–Kier alpha value is -2.34. The molecule has 0 aliphatic carbocycles. The summed E-state index contributed by atoms with van der Waals surface area (Å²) in [5.41, 5.74) is 1.85. The molecule has 3 rings (SSSR count). The molecule has 4 nitrogen and oxygen atoms in total. The quantitative estimate of drug-likeness (QED) is 0.537. The lowest BCUT2D eigenvalue weighted by Crippen LogP contribution is -2.12. The molecule has 1 aromatic heterocycles. The minimum atomic E-state index is -0.229. The van der Waals surface area contributed by atoms with E-state index >= 15 is 0 Å². The minimum Gasteiger partial charge on any atom is -0.483 e. The Balaban J connectivity index is 1.72. The predicted octanol–water partition coefficient (Wildman–Crippen LogP) is 5.18. The zero-order valence-electron chi connectivity index (χ0n) is 15.1. The number of benzene rings is 2. The van der Waals surface area contributed by atoms with Crippen LogP contribution in [0.25, 0.3) is 0 Å². The normalized spacial score (nSPS) is 12.2. The topological polar surface area (TPSA) is 39.9 Å². The van der Waals surface area contributed by atoms with Gasteiger partial charge in [0.2, 0.25) is 0 Å². The highest BCUT2D eigenvalue weighted by atomic mass is 32.2. The number of halogens is 1. The van der Waals surface area contributed by atoms with Gasteiger partial charge in [0.1, 0.15) is 11.6 Å². The standard InChI is InChI=1S/C20H22FN3OS/c1-4-24-19(15(3)25-17-11-9-14(2)10-12-17)22-23-20(24)26-13-16-7-5-6-8-18(16)21/h5-12,15H,4,13H2,1-3H3. The van der Waals surface area contributed by atoms with Crippen molar-refractivity contribution in [1.82, 2.24) is 14.8 Å². The first-order valence-corrected chi connectivity index (χ1v) is 9.59. The van der Waals surface area contributed by atoms with Crippen LogP contribution in [-0.4, -0.2) is 14.8 Å². The maximum atomic E-state index is 13.8. The van der Waals surface area contributed by atoms with Gasteiger partial charge in [0.25, 0.3) is 0 Å². The molecule has 0 bridgehead atoms. The van der Waals surface area contributed by atoms with Crippen LogP contribution in [0.5, 0.6) is 5.75 Å². The third-order valence-electron chi connectivity index (χ3n) is 4.07. The van der Waals surface area contributed by atoms with Crippen molar-refractivity contribution in [3.05, 3.63) is 71.3 Å². The average molecular weight is 371 g/mol. The molecule has 0 aliphatic rings. The molecule has 3 aromatic rings. The van der Waals surface area contributed by atoms with Gasteiger partial charge in [0, 0.05) is 12.3 Å². The zero-order chi connectivity index (χ0) is 18.5. The molecular weight excluding hydrogens is 349 g/mol. The van der Waals surface area contributed by atoms with Gasteiger partial charge in [-0.25, -0.2) is 4.39 Å². The van der Waals surface area contributed by atoms with Gasteiger partial charge in [0.15, 0.2) is 17.1 Å². The van der Waals surface area contributed by atoms with E-state index in [0.717, 1.165) is 23.3 Å². The van der Waals surface area contributed by atoms with E-state index in [-0.39, 0.29) is 11.9 Å². The summed E-state index contributed by atoms with van der Waals surface area (Å²) in [5.74, 6) is 1.88. The van der Waals surface area contributed by atoms with Crippen LogP contribution in [0.3, 0.4) is 0 Å². The van der Waals surface area contributed by atoms with Crippen molar-refractivity contribution in [2.45, 2.75) is 44.3 Å². The van der Waals surface area contributed by atoms with Crippen LogP contribution in [0.2, 0.25) is 0 Å². The highest BCUT2D eigenvalue weighted by molar-refractivity contribution is 7.98. The molecule has 0 fully saturated rings. The second-order valence-electron chi connectivity index (χ2n) is 6.04. The van der Waals surface area contributed by atoms with Gasteiger partial charge in [-0.15, -0.1) is 10.2 Å². The number of rotatable bonds is 7. The Kier molecular flexibility index (Phi) is 5.93. The zero-order valence-corrected chi connectivity index (χ0v) is 16.0. The molecule has 0 spiro atoms. The van der Waals surface area contributed by atoms with Crippen molar-refractivity contribution in [3.63, 3.8) is 0 Å². The number of thioether (sulfide) groups is 1. The fourth-order valence-corrected chi connectivity index (χ4v) is 3.63. The summed E-state index contributed by atoms with van der Waals surface area (Å²) in [7, 11) is 0. The number of hydrogen-bond acceptors (Lipinski definition) is 4.